The van der Waals surface area contributed by atoms with Crippen LogP contribution < -0.4 is 4.90 Å². The van der Waals surface area contributed by atoms with Gasteiger partial charge in [-0.3, -0.25) is 0 Å². The predicted molar refractivity (Wildman–Crippen MR) is 140 cm³/mol. The largest absolute Gasteiger partial charge is 0.340 e. The highest BCUT2D eigenvalue weighted by molar-refractivity contribution is 8.00. The highest BCUT2D eigenvalue weighted by Crippen LogP contribution is 2.48. The molecule has 2 aliphatic rings. The van der Waals surface area contributed by atoms with Gasteiger partial charge in [-0.05, 0) is 93.4 Å². The van der Waals surface area contributed by atoms with E-state index in [1.807, 2.05) is 23.5 Å². The second-order valence-corrected chi connectivity index (χ2v) is 10.8. The zero-order valence-corrected chi connectivity index (χ0v) is 20.5. The van der Waals surface area contributed by atoms with Crippen LogP contribution in [0, 0.1) is 0 Å². The van der Waals surface area contributed by atoms with Crippen LogP contribution in [0.1, 0.15) is 37.2 Å². The molecule has 3 aromatic rings. The summed E-state index contributed by atoms with van der Waals surface area (Å²) < 4.78 is 0. The molecule has 0 radical (unpaired) electrons. The van der Waals surface area contributed by atoms with E-state index >= 15 is 0 Å². The number of anilines is 2. The molecule has 2 aliphatic heterocycles. The van der Waals surface area contributed by atoms with E-state index in [-0.39, 0.29) is 0 Å². The van der Waals surface area contributed by atoms with E-state index in [0.29, 0.717) is 0 Å². The number of thioether (sulfide) groups is 1. The van der Waals surface area contributed by atoms with Gasteiger partial charge in [-0.1, -0.05) is 54.2 Å². The zero-order valence-electron chi connectivity index (χ0n) is 18.9. The van der Waals surface area contributed by atoms with Crippen LogP contribution in [0.15, 0.2) is 87.5 Å². The number of hydrogen-bond donors (Lipinski definition) is 0. The predicted octanol–water partition coefficient (Wildman–Crippen LogP) is 7.67. The SMILES string of the molecule is CSc1ccc2c(c1)N(CCCCN1CCC(c3ccccc3)CC1)c1ccccc1S2. The summed E-state index contributed by atoms with van der Waals surface area (Å²) >= 11 is 3.73. The second kappa shape index (κ2) is 10.4. The molecule has 166 valence electrons. The molecule has 1 saturated heterocycles. The lowest BCUT2D eigenvalue weighted by atomic mass is 9.89. The molecule has 0 aromatic heterocycles. The van der Waals surface area contributed by atoms with Gasteiger partial charge in [-0.15, -0.1) is 11.8 Å². The fraction of sp³-hybridized carbons (Fsp3) is 0.357. The topological polar surface area (TPSA) is 6.48 Å². The van der Waals surface area contributed by atoms with Crippen LogP contribution in [-0.4, -0.2) is 37.3 Å². The molecule has 5 rings (SSSR count). The maximum atomic E-state index is 2.68. The number of rotatable bonds is 7. The number of benzene rings is 3. The maximum Gasteiger partial charge on any atom is 0.0564 e. The summed E-state index contributed by atoms with van der Waals surface area (Å²) in [6, 6.07) is 26.9. The van der Waals surface area contributed by atoms with Crippen molar-refractivity contribution < 1.29 is 0 Å². The lowest BCUT2D eigenvalue weighted by molar-refractivity contribution is 0.209. The van der Waals surface area contributed by atoms with Crippen molar-refractivity contribution in [1.82, 2.24) is 4.90 Å². The molecule has 32 heavy (non-hydrogen) atoms. The Labute approximate surface area is 201 Å². The van der Waals surface area contributed by atoms with Crippen LogP contribution in [0.4, 0.5) is 11.4 Å². The van der Waals surface area contributed by atoms with E-state index in [4.69, 9.17) is 0 Å². The van der Waals surface area contributed by atoms with Crippen LogP contribution >= 0.6 is 23.5 Å². The van der Waals surface area contributed by atoms with Gasteiger partial charge in [0.25, 0.3) is 0 Å². The third kappa shape index (κ3) is 4.88. The lowest BCUT2D eigenvalue weighted by Gasteiger charge is -2.34. The monoisotopic (exact) mass is 460 g/mol. The van der Waals surface area contributed by atoms with Crippen molar-refractivity contribution in [2.75, 3.05) is 37.3 Å². The minimum Gasteiger partial charge on any atom is -0.340 e. The Hall–Kier alpha value is -1.88. The summed E-state index contributed by atoms with van der Waals surface area (Å²) in [5.74, 6) is 0.747. The van der Waals surface area contributed by atoms with E-state index in [1.54, 1.807) is 0 Å². The fourth-order valence-corrected chi connectivity index (χ4v) is 6.51. The molecule has 2 nitrogen and oxygen atoms in total. The fourth-order valence-electron chi connectivity index (χ4n) is 5.00. The molecule has 0 saturated carbocycles. The first-order valence-corrected chi connectivity index (χ1v) is 13.9. The first-order valence-electron chi connectivity index (χ1n) is 11.8. The summed E-state index contributed by atoms with van der Waals surface area (Å²) in [5.41, 5.74) is 4.27. The number of nitrogens with zero attached hydrogens (tertiary/aromatic N) is 2. The van der Waals surface area contributed by atoms with Gasteiger partial charge in [0.05, 0.1) is 11.4 Å². The highest BCUT2D eigenvalue weighted by atomic mass is 32.2. The molecule has 0 N–H and O–H groups in total. The van der Waals surface area contributed by atoms with Crippen LogP contribution in [0.3, 0.4) is 0 Å². The van der Waals surface area contributed by atoms with Crippen LogP contribution in [0.25, 0.3) is 0 Å². The molecule has 0 spiro atoms. The van der Waals surface area contributed by atoms with Crippen LogP contribution in [0.2, 0.25) is 0 Å². The number of unbranched alkanes of at least 4 members (excludes halogenated alkanes) is 1. The van der Waals surface area contributed by atoms with E-state index in [2.05, 4.69) is 88.9 Å². The second-order valence-electron chi connectivity index (χ2n) is 8.79. The van der Waals surface area contributed by atoms with Gasteiger partial charge in [0.15, 0.2) is 0 Å². The molecule has 3 aromatic carbocycles. The zero-order chi connectivity index (χ0) is 21.8. The molecule has 0 atom stereocenters. The third-order valence-electron chi connectivity index (χ3n) is 6.80. The van der Waals surface area contributed by atoms with Crippen molar-refractivity contribution in [2.45, 2.75) is 46.3 Å². The molecular weight excluding hydrogens is 428 g/mol. The number of hydrogen-bond acceptors (Lipinski definition) is 4. The van der Waals surface area contributed by atoms with Gasteiger partial charge >= 0.3 is 0 Å². The van der Waals surface area contributed by atoms with E-state index in [1.165, 1.54) is 76.9 Å². The Balaban J connectivity index is 1.17. The smallest absolute Gasteiger partial charge is 0.0564 e. The van der Waals surface area contributed by atoms with Gasteiger partial charge < -0.3 is 9.80 Å². The number of piperidine rings is 1. The van der Waals surface area contributed by atoms with Gasteiger partial charge in [-0.2, -0.15) is 0 Å². The normalized spacial score (nSPS) is 16.6. The minimum absolute atomic E-state index is 0.747. The standard InChI is InChI=1S/C28H32N2S2/c1-31-24-13-14-28-26(21-24)30(25-11-5-6-12-27(25)32-28)18-8-7-17-29-19-15-23(16-20-29)22-9-3-2-4-10-22/h2-6,9-14,21,23H,7-8,15-20H2,1H3. The van der Waals surface area contributed by atoms with Crippen molar-refractivity contribution in [1.29, 1.82) is 0 Å². The van der Waals surface area contributed by atoms with Gasteiger partial charge in [0, 0.05) is 21.2 Å². The molecule has 4 heteroatoms. The summed E-state index contributed by atoms with van der Waals surface area (Å²) in [4.78, 5) is 9.33. The first kappa shape index (κ1) is 21.9. The molecule has 0 bridgehead atoms. The van der Waals surface area contributed by atoms with E-state index < -0.39 is 0 Å². The molecule has 2 heterocycles. The quantitative estimate of drug-likeness (QED) is 0.263. The Bertz CT molecular complexity index is 1030. The maximum absolute atomic E-state index is 2.68. The van der Waals surface area contributed by atoms with Gasteiger partial charge in [0.2, 0.25) is 0 Å². The van der Waals surface area contributed by atoms with Crippen molar-refractivity contribution >= 4 is 34.9 Å². The minimum atomic E-state index is 0.747. The molecule has 0 aliphatic carbocycles. The lowest BCUT2D eigenvalue weighted by Crippen LogP contribution is -2.34. The first-order chi connectivity index (χ1) is 15.8. The molecule has 0 amide bonds. The summed E-state index contributed by atoms with van der Waals surface area (Å²) in [5, 5.41) is 0. The number of fused-ring (bicyclic) bond motifs is 2. The summed E-state index contributed by atoms with van der Waals surface area (Å²) in [6.07, 6.45) is 7.24. The average Bonchev–Trinajstić information content (AvgIpc) is 2.86. The van der Waals surface area contributed by atoms with Crippen LogP contribution in [0.5, 0.6) is 0 Å². The van der Waals surface area contributed by atoms with Crippen molar-refractivity contribution in [3.8, 4) is 0 Å². The Morgan fingerprint density at radius 2 is 1.53 bits per heavy atom. The number of likely N-dealkylation sites (tertiary alicyclic amines) is 1. The third-order valence-corrected chi connectivity index (χ3v) is 8.65. The van der Waals surface area contributed by atoms with E-state index in [9.17, 15) is 0 Å². The number of para-hydroxylation sites is 1. The Kier molecular flexibility index (Phi) is 7.11. The Morgan fingerprint density at radius 1 is 0.812 bits per heavy atom. The average molecular weight is 461 g/mol. The van der Waals surface area contributed by atoms with E-state index in [0.717, 1.165) is 12.5 Å². The van der Waals surface area contributed by atoms with Crippen molar-refractivity contribution in [3.05, 3.63) is 78.4 Å². The van der Waals surface area contributed by atoms with Gasteiger partial charge in [-0.25, -0.2) is 0 Å². The van der Waals surface area contributed by atoms with Crippen LogP contribution in [-0.2, 0) is 0 Å². The Morgan fingerprint density at radius 3 is 2.34 bits per heavy atom. The van der Waals surface area contributed by atoms with Gasteiger partial charge in [0.1, 0.15) is 0 Å². The molecule has 1 fully saturated rings. The van der Waals surface area contributed by atoms with Crippen molar-refractivity contribution in [3.63, 3.8) is 0 Å². The highest BCUT2D eigenvalue weighted by Gasteiger charge is 2.24. The molecule has 0 unspecified atom stereocenters. The summed E-state index contributed by atoms with van der Waals surface area (Å²) in [7, 11) is 0. The molecular formula is C28H32N2S2. The van der Waals surface area contributed by atoms with Crippen molar-refractivity contribution in [2.24, 2.45) is 0 Å². The summed E-state index contributed by atoms with van der Waals surface area (Å²) in [6.45, 7) is 4.79.